The highest BCUT2D eigenvalue weighted by Crippen LogP contribution is 2.22. The van der Waals surface area contributed by atoms with Crippen molar-refractivity contribution in [1.29, 1.82) is 0 Å². The Balaban J connectivity index is 2.73. The van der Waals surface area contributed by atoms with Crippen molar-refractivity contribution in [2.45, 2.75) is 32.2 Å². The normalized spacial score (nSPS) is 13.1. The molecule has 0 aliphatic heterocycles. The van der Waals surface area contributed by atoms with Crippen molar-refractivity contribution in [3.63, 3.8) is 0 Å². The van der Waals surface area contributed by atoms with Gasteiger partial charge in [-0.1, -0.05) is 32.9 Å². The lowest BCUT2D eigenvalue weighted by Crippen LogP contribution is -2.40. The van der Waals surface area contributed by atoms with Crippen LogP contribution < -0.4 is 5.32 Å². The second-order valence-corrected chi connectivity index (χ2v) is 5.64. The molecule has 0 aliphatic rings. The van der Waals surface area contributed by atoms with Crippen LogP contribution in [-0.4, -0.2) is 37.4 Å². The number of benzene rings is 1. The molecule has 1 atom stereocenters. The van der Waals surface area contributed by atoms with Crippen molar-refractivity contribution in [3.05, 3.63) is 35.4 Å². The molecule has 0 radical (unpaired) electrons. The molecule has 1 rings (SSSR count). The highest BCUT2D eigenvalue weighted by molar-refractivity contribution is 5.94. The number of carbonyl (C=O) groups is 1. The molecule has 0 fully saturated rings. The van der Waals surface area contributed by atoms with Crippen LogP contribution in [0.3, 0.4) is 0 Å². The Kier molecular flexibility index (Phi) is 5.51. The zero-order chi connectivity index (χ0) is 14.5. The number of hydrogen-bond donors (Lipinski definition) is 2. The van der Waals surface area contributed by atoms with Gasteiger partial charge in [0.1, 0.15) is 0 Å². The fraction of sp³-hybridized carbons (Fsp3) is 0.533. The van der Waals surface area contributed by atoms with E-state index in [1.54, 1.807) is 12.1 Å². The first-order valence-corrected chi connectivity index (χ1v) is 6.39. The van der Waals surface area contributed by atoms with E-state index in [4.69, 9.17) is 9.84 Å². The van der Waals surface area contributed by atoms with Gasteiger partial charge in [0, 0.05) is 12.7 Å². The number of nitrogens with one attached hydrogen (secondary N) is 1. The molecule has 0 heterocycles. The number of methoxy groups -OCH3 is 1. The average Bonchev–Trinajstić information content (AvgIpc) is 2.37. The first-order chi connectivity index (χ1) is 8.88. The van der Waals surface area contributed by atoms with Crippen LogP contribution in [0.4, 0.5) is 0 Å². The van der Waals surface area contributed by atoms with Gasteiger partial charge in [-0.2, -0.15) is 0 Å². The quantitative estimate of drug-likeness (QED) is 0.852. The molecule has 2 N–H and O–H groups in total. The van der Waals surface area contributed by atoms with Gasteiger partial charge in [0.15, 0.2) is 0 Å². The van der Waals surface area contributed by atoms with Crippen molar-refractivity contribution in [2.75, 3.05) is 20.3 Å². The van der Waals surface area contributed by atoms with Gasteiger partial charge in [0.05, 0.1) is 19.3 Å². The molecule has 0 aliphatic carbocycles. The predicted molar refractivity (Wildman–Crippen MR) is 75.4 cm³/mol. The Labute approximate surface area is 114 Å². The van der Waals surface area contributed by atoms with Crippen LogP contribution in [0.15, 0.2) is 24.3 Å². The first-order valence-electron chi connectivity index (χ1n) is 6.39. The lowest BCUT2D eigenvalue weighted by Gasteiger charge is -2.19. The number of aliphatic hydroxyl groups is 1. The molecule has 19 heavy (non-hydrogen) atoms. The SMILES string of the molecule is COCC(CO)NC(=O)c1ccc(C(C)(C)C)cc1. The summed E-state index contributed by atoms with van der Waals surface area (Å²) in [7, 11) is 1.53. The Hall–Kier alpha value is -1.39. The monoisotopic (exact) mass is 265 g/mol. The molecule has 106 valence electrons. The van der Waals surface area contributed by atoms with Crippen LogP contribution in [-0.2, 0) is 10.2 Å². The summed E-state index contributed by atoms with van der Waals surface area (Å²) in [5.74, 6) is -0.198. The molecule has 4 heteroatoms. The van der Waals surface area contributed by atoms with Gasteiger partial charge in [-0.25, -0.2) is 0 Å². The molecule has 0 aromatic heterocycles. The van der Waals surface area contributed by atoms with Crippen LogP contribution in [0.5, 0.6) is 0 Å². The van der Waals surface area contributed by atoms with Crippen molar-refractivity contribution in [1.82, 2.24) is 5.32 Å². The predicted octanol–water partition coefficient (Wildman–Crippen LogP) is 1.72. The molecular formula is C15H23NO3. The third kappa shape index (κ3) is 4.65. The molecule has 1 aromatic rings. The second-order valence-electron chi connectivity index (χ2n) is 5.64. The smallest absolute Gasteiger partial charge is 0.251 e. The summed E-state index contributed by atoms with van der Waals surface area (Å²) in [6.07, 6.45) is 0. The first kappa shape index (κ1) is 15.7. The van der Waals surface area contributed by atoms with Gasteiger partial charge in [0.2, 0.25) is 0 Å². The van der Waals surface area contributed by atoms with Crippen LogP contribution in [0.2, 0.25) is 0 Å². The number of amides is 1. The van der Waals surface area contributed by atoms with E-state index in [1.165, 1.54) is 12.7 Å². The van der Waals surface area contributed by atoms with Gasteiger partial charge in [-0.05, 0) is 23.1 Å². The number of rotatable bonds is 5. The number of ether oxygens (including phenoxy) is 1. The van der Waals surface area contributed by atoms with Crippen LogP contribution in [0, 0.1) is 0 Å². The second kappa shape index (κ2) is 6.68. The third-order valence-corrected chi connectivity index (χ3v) is 2.94. The summed E-state index contributed by atoms with van der Waals surface area (Å²) in [4.78, 5) is 12.0. The highest BCUT2D eigenvalue weighted by Gasteiger charge is 2.16. The Morgan fingerprint density at radius 3 is 2.32 bits per heavy atom. The topological polar surface area (TPSA) is 58.6 Å². The van der Waals surface area contributed by atoms with Gasteiger partial charge >= 0.3 is 0 Å². The van der Waals surface area contributed by atoms with E-state index < -0.39 is 0 Å². The molecule has 0 saturated carbocycles. The zero-order valence-corrected chi connectivity index (χ0v) is 12.1. The van der Waals surface area contributed by atoms with Crippen molar-refractivity contribution >= 4 is 5.91 Å². The van der Waals surface area contributed by atoms with Crippen LogP contribution in [0.25, 0.3) is 0 Å². The minimum Gasteiger partial charge on any atom is -0.394 e. The number of aliphatic hydroxyl groups excluding tert-OH is 1. The molecule has 1 aromatic carbocycles. The lowest BCUT2D eigenvalue weighted by atomic mass is 9.86. The molecule has 4 nitrogen and oxygen atoms in total. The molecule has 0 saturated heterocycles. The van der Waals surface area contributed by atoms with Crippen molar-refractivity contribution in [2.24, 2.45) is 0 Å². The van der Waals surface area contributed by atoms with E-state index in [0.717, 1.165) is 0 Å². The third-order valence-electron chi connectivity index (χ3n) is 2.94. The highest BCUT2D eigenvalue weighted by atomic mass is 16.5. The summed E-state index contributed by atoms with van der Waals surface area (Å²) in [6.45, 7) is 6.54. The fourth-order valence-corrected chi connectivity index (χ4v) is 1.73. The van der Waals surface area contributed by atoms with Gasteiger partial charge < -0.3 is 15.2 Å². The summed E-state index contributed by atoms with van der Waals surface area (Å²) in [5.41, 5.74) is 1.83. The molecule has 0 bridgehead atoms. The van der Waals surface area contributed by atoms with E-state index in [1.807, 2.05) is 12.1 Å². The zero-order valence-electron chi connectivity index (χ0n) is 12.1. The van der Waals surface area contributed by atoms with Crippen LogP contribution >= 0.6 is 0 Å². The minimum atomic E-state index is -0.375. The van der Waals surface area contributed by atoms with E-state index in [9.17, 15) is 4.79 Å². The standard InChI is InChI=1S/C15H23NO3/c1-15(2,3)12-7-5-11(6-8-12)14(18)16-13(9-17)10-19-4/h5-8,13,17H,9-10H2,1-4H3,(H,16,18). The van der Waals surface area contributed by atoms with Gasteiger partial charge in [-0.15, -0.1) is 0 Å². The van der Waals surface area contributed by atoms with E-state index in [-0.39, 0.29) is 24.0 Å². The average molecular weight is 265 g/mol. The number of carbonyl (C=O) groups excluding carboxylic acids is 1. The van der Waals surface area contributed by atoms with Gasteiger partial charge in [0.25, 0.3) is 5.91 Å². The largest absolute Gasteiger partial charge is 0.394 e. The number of hydrogen-bond acceptors (Lipinski definition) is 3. The summed E-state index contributed by atoms with van der Waals surface area (Å²) < 4.78 is 4.92. The molecular weight excluding hydrogens is 242 g/mol. The maximum Gasteiger partial charge on any atom is 0.251 e. The molecule has 0 spiro atoms. The van der Waals surface area contributed by atoms with E-state index in [0.29, 0.717) is 12.2 Å². The van der Waals surface area contributed by atoms with E-state index >= 15 is 0 Å². The van der Waals surface area contributed by atoms with Crippen molar-refractivity contribution in [3.8, 4) is 0 Å². The fourth-order valence-electron chi connectivity index (χ4n) is 1.73. The van der Waals surface area contributed by atoms with Crippen LogP contribution in [0.1, 0.15) is 36.7 Å². The Bertz CT molecular complexity index is 406. The maximum atomic E-state index is 12.0. The Morgan fingerprint density at radius 1 is 1.32 bits per heavy atom. The summed E-state index contributed by atoms with van der Waals surface area (Å²) in [6, 6.07) is 7.15. The maximum absolute atomic E-state index is 12.0. The summed E-state index contributed by atoms with van der Waals surface area (Å²) >= 11 is 0. The van der Waals surface area contributed by atoms with E-state index in [2.05, 4.69) is 26.1 Å². The van der Waals surface area contributed by atoms with Crippen molar-refractivity contribution < 1.29 is 14.6 Å². The summed E-state index contributed by atoms with van der Waals surface area (Å²) in [5, 5.41) is 11.8. The molecule has 1 amide bonds. The molecule has 1 unspecified atom stereocenters. The Morgan fingerprint density at radius 2 is 1.89 bits per heavy atom. The lowest BCUT2D eigenvalue weighted by molar-refractivity contribution is 0.0839. The van der Waals surface area contributed by atoms with Gasteiger partial charge in [-0.3, -0.25) is 4.79 Å². The minimum absolute atomic E-state index is 0.0681.